The summed E-state index contributed by atoms with van der Waals surface area (Å²) in [4.78, 5) is 25.4. The van der Waals surface area contributed by atoms with Gasteiger partial charge in [-0.05, 0) is 29.3 Å². The predicted molar refractivity (Wildman–Crippen MR) is 108 cm³/mol. The number of nitriles is 2. The maximum atomic E-state index is 12.8. The SMILES string of the molecule is COC(=O)c1ccc([C@@H]2[C@H](C(C)=O)[NH+]3C=Cc4ccccc4[C@@H]3C2(C#N)C#N)cc1. The van der Waals surface area contributed by atoms with Crippen molar-refractivity contribution < 1.29 is 19.2 Å². The lowest BCUT2D eigenvalue weighted by atomic mass is 9.67. The molecule has 0 bridgehead atoms. The van der Waals surface area contributed by atoms with Crippen LogP contribution in [0, 0.1) is 28.1 Å². The highest BCUT2D eigenvalue weighted by Gasteiger charge is 2.67. The normalized spacial score (nSPS) is 25.3. The molecule has 2 aliphatic heterocycles. The van der Waals surface area contributed by atoms with Crippen LogP contribution < -0.4 is 4.90 Å². The molecule has 0 aromatic heterocycles. The van der Waals surface area contributed by atoms with Crippen LogP contribution in [0.15, 0.2) is 54.7 Å². The fourth-order valence-electron chi connectivity index (χ4n) is 4.98. The lowest BCUT2D eigenvalue weighted by molar-refractivity contribution is -0.885. The molecule has 1 fully saturated rings. The molecule has 6 heteroatoms. The molecule has 1 unspecified atom stereocenters. The first-order chi connectivity index (χ1) is 14.5. The van der Waals surface area contributed by atoms with E-state index in [-0.39, 0.29) is 5.78 Å². The maximum absolute atomic E-state index is 12.8. The minimum Gasteiger partial charge on any atom is -0.465 e. The maximum Gasteiger partial charge on any atom is 0.337 e. The molecule has 0 spiro atoms. The summed E-state index contributed by atoms with van der Waals surface area (Å²) in [5.74, 6) is -1.20. The van der Waals surface area contributed by atoms with Gasteiger partial charge in [0.05, 0.1) is 36.9 Å². The number of hydrogen-bond acceptors (Lipinski definition) is 5. The lowest BCUT2D eigenvalue weighted by Gasteiger charge is -2.29. The first-order valence-electron chi connectivity index (χ1n) is 9.63. The largest absolute Gasteiger partial charge is 0.465 e. The molecule has 2 aromatic rings. The zero-order valence-electron chi connectivity index (χ0n) is 16.6. The van der Waals surface area contributed by atoms with Gasteiger partial charge in [-0.15, -0.1) is 0 Å². The van der Waals surface area contributed by atoms with Crippen LogP contribution in [-0.2, 0) is 9.53 Å². The number of esters is 1. The highest BCUT2D eigenvalue weighted by molar-refractivity contribution is 5.89. The Labute approximate surface area is 174 Å². The van der Waals surface area contributed by atoms with Gasteiger partial charge >= 0.3 is 5.97 Å². The van der Waals surface area contributed by atoms with E-state index >= 15 is 0 Å². The summed E-state index contributed by atoms with van der Waals surface area (Å²) in [6, 6.07) is 17.8. The van der Waals surface area contributed by atoms with Crippen molar-refractivity contribution >= 4 is 17.8 Å². The van der Waals surface area contributed by atoms with E-state index in [9.17, 15) is 20.1 Å². The van der Waals surface area contributed by atoms with E-state index in [0.717, 1.165) is 16.0 Å². The Morgan fingerprint density at radius 1 is 1.07 bits per heavy atom. The van der Waals surface area contributed by atoms with Gasteiger partial charge in [-0.1, -0.05) is 36.4 Å². The number of methoxy groups -OCH3 is 1. The van der Waals surface area contributed by atoms with Crippen LogP contribution >= 0.6 is 0 Å². The van der Waals surface area contributed by atoms with E-state index < -0.39 is 29.4 Å². The molecule has 4 rings (SSSR count). The summed E-state index contributed by atoms with van der Waals surface area (Å²) in [5, 5.41) is 20.6. The van der Waals surface area contributed by atoms with Crippen LogP contribution in [0.1, 0.15) is 45.9 Å². The van der Waals surface area contributed by atoms with Gasteiger partial charge in [0.25, 0.3) is 0 Å². The third kappa shape index (κ3) is 2.66. The van der Waals surface area contributed by atoms with Crippen LogP contribution in [0.2, 0.25) is 0 Å². The third-order valence-electron chi connectivity index (χ3n) is 6.23. The van der Waals surface area contributed by atoms with Gasteiger partial charge in [-0.25, -0.2) is 4.79 Å². The highest BCUT2D eigenvalue weighted by atomic mass is 16.5. The number of Topliss-reactive ketones (excluding diaryl/α,β-unsaturated/α-hetero) is 1. The number of quaternary nitrogens is 1. The fourth-order valence-corrected chi connectivity index (χ4v) is 4.98. The number of hydrogen-bond donors (Lipinski definition) is 1. The fraction of sp³-hybridized carbons (Fsp3) is 0.250. The van der Waals surface area contributed by atoms with Crippen molar-refractivity contribution in [3.8, 4) is 12.1 Å². The summed E-state index contributed by atoms with van der Waals surface area (Å²) in [7, 11) is 1.31. The molecule has 0 saturated carbocycles. The molecule has 148 valence electrons. The van der Waals surface area contributed by atoms with Crippen molar-refractivity contribution in [3.05, 3.63) is 77.0 Å². The summed E-state index contributed by atoms with van der Waals surface area (Å²) >= 11 is 0. The number of carbonyl (C=O) groups excluding carboxylic acids is 2. The van der Waals surface area contributed by atoms with E-state index in [1.54, 1.807) is 24.3 Å². The van der Waals surface area contributed by atoms with Gasteiger partial charge in [0.15, 0.2) is 17.9 Å². The minimum atomic E-state index is -1.45. The molecule has 1 N–H and O–H groups in total. The number of ketones is 1. The molecule has 0 aliphatic carbocycles. The second-order valence-electron chi connectivity index (χ2n) is 7.67. The first kappa shape index (κ1) is 19.6. The summed E-state index contributed by atoms with van der Waals surface area (Å²) in [6.45, 7) is 1.50. The average molecular weight is 398 g/mol. The second kappa shape index (κ2) is 7.26. The van der Waals surface area contributed by atoms with Crippen LogP contribution in [0.5, 0.6) is 0 Å². The Kier molecular flexibility index (Phi) is 4.73. The van der Waals surface area contributed by atoms with Gasteiger partial charge < -0.3 is 4.74 Å². The quantitative estimate of drug-likeness (QED) is 0.800. The van der Waals surface area contributed by atoms with Crippen LogP contribution in [0.25, 0.3) is 6.08 Å². The zero-order chi connectivity index (χ0) is 21.5. The number of nitrogens with one attached hydrogen (secondary N) is 1. The van der Waals surface area contributed by atoms with Crippen LogP contribution in [-0.4, -0.2) is 24.9 Å². The average Bonchev–Trinajstić information content (AvgIpc) is 3.10. The molecule has 2 aliphatic rings. The Bertz CT molecular complexity index is 1120. The van der Waals surface area contributed by atoms with Gasteiger partial charge in [0, 0.05) is 12.5 Å². The number of benzene rings is 2. The van der Waals surface area contributed by atoms with Gasteiger partial charge in [-0.3, -0.25) is 9.69 Å². The number of fused-ring (bicyclic) bond motifs is 3. The van der Waals surface area contributed by atoms with Crippen molar-refractivity contribution in [2.75, 3.05) is 7.11 Å². The number of nitrogens with zero attached hydrogens (tertiary/aromatic N) is 2. The van der Waals surface area contributed by atoms with E-state index in [4.69, 9.17) is 4.74 Å². The summed E-state index contributed by atoms with van der Waals surface area (Å²) < 4.78 is 4.75. The van der Waals surface area contributed by atoms with Crippen LogP contribution in [0.3, 0.4) is 0 Å². The van der Waals surface area contributed by atoms with Crippen LogP contribution in [0.4, 0.5) is 0 Å². The number of carbonyl (C=O) groups is 2. The number of rotatable bonds is 3. The van der Waals surface area contributed by atoms with Crippen molar-refractivity contribution in [3.63, 3.8) is 0 Å². The Morgan fingerprint density at radius 2 is 1.73 bits per heavy atom. The smallest absolute Gasteiger partial charge is 0.337 e. The Hall–Kier alpha value is -3.74. The monoisotopic (exact) mass is 398 g/mol. The van der Waals surface area contributed by atoms with E-state index in [1.165, 1.54) is 14.0 Å². The molecule has 0 amide bonds. The third-order valence-corrected chi connectivity index (χ3v) is 6.23. The highest BCUT2D eigenvalue weighted by Crippen LogP contribution is 2.51. The van der Waals surface area contributed by atoms with Crippen molar-refractivity contribution in [1.82, 2.24) is 0 Å². The molecule has 2 aromatic carbocycles. The molecule has 2 heterocycles. The van der Waals surface area contributed by atoms with Crippen molar-refractivity contribution in [2.24, 2.45) is 5.41 Å². The van der Waals surface area contributed by atoms with Crippen molar-refractivity contribution in [2.45, 2.75) is 24.9 Å². The molecular formula is C24H20N3O3+. The molecule has 0 radical (unpaired) electrons. The first-order valence-corrected chi connectivity index (χ1v) is 9.63. The van der Waals surface area contributed by atoms with Crippen molar-refractivity contribution in [1.29, 1.82) is 10.5 Å². The molecule has 30 heavy (non-hydrogen) atoms. The zero-order valence-corrected chi connectivity index (χ0v) is 16.6. The topological polar surface area (TPSA) is 95.4 Å². The van der Waals surface area contributed by atoms with E-state index in [0.29, 0.717) is 11.1 Å². The van der Waals surface area contributed by atoms with Gasteiger partial charge in [0.2, 0.25) is 5.41 Å². The van der Waals surface area contributed by atoms with E-state index in [1.807, 2.05) is 36.5 Å². The minimum absolute atomic E-state index is 0.0894. The standard InChI is InChI=1S/C24H19N3O3/c1-15(28)21-20(17-7-9-18(10-8-17)23(29)30-2)24(13-25,14-26)22-19-6-4-3-5-16(19)11-12-27(21)22/h3-12,20-22H,1-2H3/p+1/t20-,21+,22-/m1/s1. The number of ether oxygens (including phenoxy) is 1. The second-order valence-corrected chi connectivity index (χ2v) is 7.67. The molecule has 6 nitrogen and oxygen atoms in total. The van der Waals surface area contributed by atoms with E-state index in [2.05, 4.69) is 12.1 Å². The van der Waals surface area contributed by atoms with Gasteiger partial charge in [-0.2, -0.15) is 10.5 Å². The Morgan fingerprint density at radius 3 is 2.33 bits per heavy atom. The molecular weight excluding hydrogens is 378 g/mol. The lowest BCUT2D eigenvalue weighted by Crippen LogP contribution is -3.11. The van der Waals surface area contributed by atoms with Gasteiger partial charge in [0.1, 0.15) is 0 Å². The predicted octanol–water partition coefficient (Wildman–Crippen LogP) is 2.17. The summed E-state index contributed by atoms with van der Waals surface area (Å²) in [5.41, 5.74) is 1.44. The molecule has 4 atom stereocenters. The summed E-state index contributed by atoms with van der Waals surface area (Å²) in [6.07, 6.45) is 3.84. The Balaban J connectivity index is 1.92. The molecule has 1 saturated heterocycles.